The summed E-state index contributed by atoms with van der Waals surface area (Å²) in [4.78, 5) is 0. The van der Waals surface area contributed by atoms with Crippen molar-refractivity contribution >= 4 is 11.8 Å². The Hall–Kier alpha value is -0.480. The molecular formula is C13H25N3S. The van der Waals surface area contributed by atoms with Crippen LogP contribution in [0.15, 0.2) is 5.03 Å². The number of nitrogens with one attached hydrogen (secondary N) is 1. The molecule has 1 unspecified atom stereocenters. The fourth-order valence-corrected chi connectivity index (χ4v) is 2.80. The molecule has 17 heavy (non-hydrogen) atoms. The zero-order chi connectivity index (χ0) is 12.8. The fourth-order valence-electron chi connectivity index (χ4n) is 1.70. The minimum Gasteiger partial charge on any atom is -0.313 e. The van der Waals surface area contributed by atoms with Gasteiger partial charge >= 0.3 is 0 Å². The maximum Gasteiger partial charge on any atom is 0.0987 e. The van der Waals surface area contributed by atoms with E-state index < -0.39 is 0 Å². The summed E-state index contributed by atoms with van der Waals surface area (Å²) in [5, 5.41) is 9.97. The van der Waals surface area contributed by atoms with Crippen LogP contribution in [0.3, 0.4) is 0 Å². The highest BCUT2D eigenvalue weighted by molar-refractivity contribution is 7.99. The first-order valence-electron chi connectivity index (χ1n) is 6.49. The summed E-state index contributed by atoms with van der Waals surface area (Å²) in [7, 11) is 2.04. The Morgan fingerprint density at radius 3 is 2.71 bits per heavy atom. The van der Waals surface area contributed by atoms with E-state index in [1.165, 1.54) is 23.4 Å². The Balaban J connectivity index is 2.78. The molecule has 0 radical (unpaired) electrons. The van der Waals surface area contributed by atoms with Crippen LogP contribution >= 0.6 is 11.8 Å². The maximum absolute atomic E-state index is 4.53. The molecule has 1 atom stereocenters. The maximum atomic E-state index is 4.53. The van der Waals surface area contributed by atoms with Crippen molar-refractivity contribution in [1.82, 2.24) is 15.1 Å². The summed E-state index contributed by atoms with van der Waals surface area (Å²) in [5.74, 6) is 0. The highest BCUT2D eigenvalue weighted by Gasteiger charge is 2.15. The fraction of sp³-hybridized carbons (Fsp3) is 0.769. The standard InChI is InChI=1S/C13H25N3S/c1-6-8-14-9-12-11(4)15-16(5)13(12)17-10(3)7-2/h10,14H,6-9H2,1-5H3. The van der Waals surface area contributed by atoms with Crippen molar-refractivity contribution in [2.75, 3.05) is 6.54 Å². The van der Waals surface area contributed by atoms with Crippen LogP contribution < -0.4 is 5.32 Å². The molecule has 0 saturated carbocycles. The second-order valence-corrected chi connectivity index (χ2v) is 5.93. The second-order valence-electron chi connectivity index (χ2n) is 4.51. The molecule has 0 spiro atoms. The predicted octanol–water partition coefficient (Wildman–Crippen LogP) is 3.12. The topological polar surface area (TPSA) is 29.9 Å². The number of aromatic nitrogens is 2. The van der Waals surface area contributed by atoms with Crippen molar-refractivity contribution in [2.24, 2.45) is 7.05 Å². The molecule has 0 amide bonds. The minimum atomic E-state index is 0.648. The average Bonchev–Trinajstić information content (AvgIpc) is 2.56. The van der Waals surface area contributed by atoms with Gasteiger partial charge in [0.15, 0.2) is 0 Å². The van der Waals surface area contributed by atoms with Gasteiger partial charge in [0, 0.05) is 24.4 Å². The highest BCUT2D eigenvalue weighted by Crippen LogP contribution is 2.29. The second kappa shape index (κ2) is 7.07. The van der Waals surface area contributed by atoms with Crippen LogP contribution in [0, 0.1) is 6.92 Å². The summed E-state index contributed by atoms with van der Waals surface area (Å²) < 4.78 is 2.02. The zero-order valence-corrected chi connectivity index (χ0v) is 12.5. The van der Waals surface area contributed by atoms with E-state index in [2.05, 4.69) is 38.1 Å². The van der Waals surface area contributed by atoms with E-state index in [9.17, 15) is 0 Å². The molecule has 0 aliphatic carbocycles. The van der Waals surface area contributed by atoms with Gasteiger partial charge in [0.2, 0.25) is 0 Å². The minimum absolute atomic E-state index is 0.648. The lowest BCUT2D eigenvalue weighted by molar-refractivity contribution is 0.652. The van der Waals surface area contributed by atoms with Gasteiger partial charge in [-0.3, -0.25) is 4.68 Å². The molecule has 0 aliphatic rings. The third kappa shape index (κ3) is 4.03. The van der Waals surface area contributed by atoms with E-state index in [0.29, 0.717) is 5.25 Å². The first-order chi connectivity index (χ1) is 8.10. The van der Waals surface area contributed by atoms with E-state index in [1.54, 1.807) is 0 Å². The molecule has 98 valence electrons. The molecule has 0 aromatic carbocycles. The van der Waals surface area contributed by atoms with E-state index in [0.717, 1.165) is 18.8 Å². The third-order valence-electron chi connectivity index (χ3n) is 2.91. The molecule has 0 bridgehead atoms. The van der Waals surface area contributed by atoms with Crippen LogP contribution in [0.5, 0.6) is 0 Å². The Morgan fingerprint density at radius 1 is 1.41 bits per heavy atom. The van der Waals surface area contributed by atoms with Crippen LogP contribution in [0.4, 0.5) is 0 Å². The quantitative estimate of drug-likeness (QED) is 0.600. The van der Waals surface area contributed by atoms with Gasteiger partial charge in [-0.1, -0.05) is 20.8 Å². The Kier molecular flexibility index (Phi) is 6.06. The number of aryl methyl sites for hydroxylation is 2. The Bertz CT molecular complexity index is 347. The van der Waals surface area contributed by atoms with E-state index in [4.69, 9.17) is 0 Å². The molecule has 4 heteroatoms. The van der Waals surface area contributed by atoms with Gasteiger partial charge < -0.3 is 5.32 Å². The van der Waals surface area contributed by atoms with E-state index >= 15 is 0 Å². The van der Waals surface area contributed by atoms with Crippen LogP contribution in [0.2, 0.25) is 0 Å². The lowest BCUT2D eigenvalue weighted by Crippen LogP contribution is -2.15. The van der Waals surface area contributed by atoms with Gasteiger partial charge in [-0.25, -0.2) is 0 Å². The van der Waals surface area contributed by atoms with Gasteiger partial charge in [0.1, 0.15) is 0 Å². The zero-order valence-electron chi connectivity index (χ0n) is 11.7. The summed E-state index contributed by atoms with van der Waals surface area (Å²) in [5.41, 5.74) is 2.52. The molecule has 1 heterocycles. The van der Waals surface area contributed by atoms with Gasteiger partial charge in [-0.15, -0.1) is 11.8 Å². The molecule has 1 aromatic rings. The molecule has 3 nitrogen and oxygen atoms in total. The number of hydrogen-bond donors (Lipinski definition) is 1. The number of thioether (sulfide) groups is 1. The normalized spacial score (nSPS) is 13.0. The Morgan fingerprint density at radius 2 is 2.12 bits per heavy atom. The SMILES string of the molecule is CCCNCc1c(C)nn(C)c1SC(C)CC. The van der Waals surface area contributed by atoms with Gasteiger partial charge in [0.05, 0.1) is 10.7 Å². The largest absolute Gasteiger partial charge is 0.313 e. The lowest BCUT2D eigenvalue weighted by Gasteiger charge is -2.11. The van der Waals surface area contributed by atoms with Crippen molar-refractivity contribution in [3.63, 3.8) is 0 Å². The van der Waals surface area contributed by atoms with Gasteiger partial charge in [-0.2, -0.15) is 5.10 Å². The van der Waals surface area contributed by atoms with Gasteiger partial charge in [-0.05, 0) is 26.3 Å². The monoisotopic (exact) mass is 255 g/mol. The van der Waals surface area contributed by atoms with Crippen molar-refractivity contribution in [2.45, 2.75) is 57.4 Å². The molecule has 0 saturated heterocycles. The smallest absolute Gasteiger partial charge is 0.0987 e. The molecule has 1 rings (SSSR count). The van der Waals surface area contributed by atoms with Crippen molar-refractivity contribution < 1.29 is 0 Å². The number of rotatable bonds is 7. The van der Waals surface area contributed by atoms with E-state index in [1.807, 2.05) is 23.5 Å². The average molecular weight is 255 g/mol. The highest BCUT2D eigenvalue weighted by atomic mass is 32.2. The first kappa shape index (κ1) is 14.6. The Labute approximate surface area is 109 Å². The van der Waals surface area contributed by atoms with Crippen molar-refractivity contribution in [3.05, 3.63) is 11.3 Å². The molecular weight excluding hydrogens is 230 g/mol. The lowest BCUT2D eigenvalue weighted by atomic mass is 10.2. The predicted molar refractivity (Wildman–Crippen MR) is 75.6 cm³/mol. The van der Waals surface area contributed by atoms with Crippen molar-refractivity contribution in [3.8, 4) is 0 Å². The van der Waals surface area contributed by atoms with Crippen LogP contribution in [-0.2, 0) is 13.6 Å². The van der Waals surface area contributed by atoms with Crippen LogP contribution in [-0.4, -0.2) is 21.6 Å². The van der Waals surface area contributed by atoms with E-state index in [-0.39, 0.29) is 0 Å². The summed E-state index contributed by atoms with van der Waals surface area (Å²) in [6.07, 6.45) is 2.36. The van der Waals surface area contributed by atoms with Crippen molar-refractivity contribution in [1.29, 1.82) is 0 Å². The van der Waals surface area contributed by atoms with Gasteiger partial charge in [0.25, 0.3) is 0 Å². The number of hydrogen-bond acceptors (Lipinski definition) is 3. The molecule has 0 fully saturated rings. The summed E-state index contributed by atoms with van der Waals surface area (Å²) >= 11 is 1.94. The molecule has 0 aliphatic heterocycles. The van der Waals surface area contributed by atoms with Crippen LogP contribution in [0.25, 0.3) is 0 Å². The first-order valence-corrected chi connectivity index (χ1v) is 7.37. The van der Waals surface area contributed by atoms with Crippen LogP contribution in [0.1, 0.15) is 44.9 Å². The summed E-state index contributed by atoms with van der Waals surface area (Å²) in [6, 6.07) is 0. The third-order valence-corrected chi connectivity index (χ3v) is 4.37. The summed E-state index contributed by atoms with van der Waals surface area (Å²) in [6.45, 7) is 10.8. The number of nitrogens with zero attached hydrogens (tertiary/aromatic N) is 2. The molecule has 1 N–H and O–H groups in total. The molecule has 1 aromatic heterocycles.